The fourth-order valence-electron chi connectivity index (χ4n) is 2.14. The van der Waals surface area contributed by atoms with Crippen molar-refractivity contribution in [2.24, 2.45) is 0 Å². The molecule has 4 heteroatoms. The van der Waals surface area contributed by atoms with E-state index in [-0.39, 0.29) is 12.5 Å². The Hall–Kier alpha value is -2.62. The summed E-state index contributed by atoms with van der Waals surface area (Å²) in [6, 6.07) is 14.7. The summed E-state index contributed by atoms with van der Waals surface area (Å²) >= 11 is 0. The molecule has 114 valence electrons. The number of carbonyl (C=O) groups excluding carboxylic acids is 2. The minimum Gasteiger partial charge on any atom is -0.452 e. The number of carbonyl (C=O) groups is 2. The Balaban J connectivity index is 1.97. The molecule has 0 aromatic heterocycles. The number of para-hydroxylation sites is 1. The Morgan fingerprint density at radius 1 is 1.05 bits per heavy atom. The summed E-state index contributed by atoms with van der Waals surface area (Å²) in [7, 11) is 1.66. The van der Waals surface area contributed by atoms with Gasteiger partial charge in [0, 0.05) is 12.7 Å². The first kappa shape index (κ1) is 15.8. The molecule has 0 spiro atoms. The second kappa shape index (κ2) is 6.89. The van der Waals surface area contributed by atoms with E-state index in [0.717, 1.165) is 16.8 Å². The molecule has 0 heterocycles. The van der Waals surface area contributed by atoms with Crippen molar-refractivity contribution >= 4 is 17.6 Å². The minimum atomic E-state index is -0.479. The summed E-state index contributed by atoms with van der Waals surface area (Å²) in [6.45, 7) is 3.53. The van der Waals surface area contributed by atoms with Gasteiger partial charge >= 0.3 is 5.97 Å². The van der Waals surface area contributed by atoms with E-state index in [9.17, 15) is 9.59 Å². The van der Waals surface area contributed by atoms with Crippen molar-refractivity contribution in [3.8, 4) is 0 Å². The first-order valence-electron chi connectivity index (χ1n) is 7.05. The smallest absolute Gasteiger partial charge is 0.338 e. The molecule has 0 saturated heterocycles. The van der Waals surface area contributed by atoms with E-state index in [1.165, 1.54) is 4.90 Å². The monoisotopic (exact) mass is 297 g/mol. The van der Waals surface area contributed by atoms with Crippen LogP contribution < -0.4 is 4.90 Å². The van der Waals surface area contributed by atoms with Gasteiger partial charge in [0.25, 0.3) is 5.91 Å². The third kappa shape index (κ3) is 3.73. The first-order valence-corrected chi connectivity index (χ1v) is 7.05. The van der Waals surface area contributed by atoms with Crippen molar-refractivity contribution in [1.82, 2.24) is 0 Å². The van der Waals surface area contributed by atoms with Gasteiger partial charge in [-0.1, -0.05) is 35.9 Å². The van der Waals surface area contributed by atoms with Crippen LogP contribution in [-0.2, 0) is 9.53 Å². The molecule has 0 aliphatic carbocycles. The van der Waals surface area contributed by atoms with Crippen molar-refractivity contribution in [3.05, 3.63) is 65.2 Å². The van der Waals surface area contributed by atoms with Gasteiger partial charge < -0.3 is 9.64 Å². The number of ether oxygens (including phenoxy) is 1. The van der Waals surface area contributed by atoms with Crippen molar-refractivity contribution in [2.45, 2.75) is 13.8 Å². The molecule has 4 nitrogen and oxygen atoms in total. The quantitative estimate of drug-likeness (QED) is 0.815. The highest BCUT2D eigenvalue weighted by Gasteiger charge is 2.15. The fourth-order valence-corrected chi connectivity index (χ4v) is 2.14. The third-order valence-corrected chi connectivity index (χ3v) is 3.45. The van der Waals surface area contributed by atoms with Crippen LogP contribution >= 0.6 is 0 Å². The largest absolute Gasteiger partial charge is 0.452 e. The summed E-state index contributed by atoms with van der Waals surface area (Å²) in [5.41, 5.74) is 3.17. The maximum Gasteiger partial charge on any atom is 0.338 e. The van der Waals surface area contributed by atoms with E-state index in [1.54, 1.807) is 13.1 Å². The minimum absolute atomic E-state index is 0.274. The molecule has 2 aromatic rings. The zero-order chi connectivity index (χ0) is 16.1. The van der Waals surface area contributed by atoms with E-state index in [0.29, 0.717) is 5.56 Å². The highest BCUT2D eigenvalue weighted by atomic mass is 16.5. The van der Waals surface area contributed by atoms with Crippen LogP contribution in [0, 0.1) is 13.8 Å². The topological polar surface area (TPSA) is 46.6 Å². The lowest BCUT2D eigenvalue weighted by Gasteiger charge is -2.17. The summed E-state index contributed by atoms with van der Waals surface area (Å²) in [5.74, 6) is -0.753. The number of esters is 1. The molecular formula is C18H19NO3. The summed E-state index contributed by atoms with van der Waals surface area (Å²) in [6.07, 6.45) is 0. The van der Waals surface area contributed by atoms with E-state index in [4.69, 9.17) is 4.74 Å². The Morgan fingerprint density at radius 3 is 2.36 bits per heavy atom. The molecular weight excluding hydrogens is 278 g/mol. The lowest BCUT2D eigenvalue weighted by atomic mass is 10.1. The maximum absolute atomic E-state index is 12.1. The molecule has 0 saturated carbocycles. The number of aryl methyl sites for hydroxylation is 2. The molecule has 0 aliphatic heterocycles. The second-order valence-corrected chi connectivity index (χ2v) is 5.18. The van der Waals surface area contributed by atoms with Crippen LogP contribution in [0.3, 0.4) is 0 Å². The van der Waals surface area contributed by atoms with Crippen LogP contribution in [0.25, 0.3) is 0 Å². The summed E-state index contributed by atoms with van der Waals surface area (Å²) in [4.78, 5) is 25.6. The molecule has 0 unspecified atom stereocenters. The van der Waals surface area contributed by atoms with Gasteiger partial charge in [0.05, 0.1) is 5.56 Å². The molecule has 0 bridgehead atoms. The highest BCUT2D eigenvalue weighted by molar-refractivity contribution is 5.97. The van der Waals surface area contributed by atoms with Crippen LogP contribution in [0.2, 0.25) is 0 Å². The van der Waals surface area contributed by atoms with Gasteiger partial charge in [-0.2, -0.15) is 0 Å². The Labute approximate surface area is 130 Å². The maximum atomic E-state index is 12.1. The van der Waals surface area contributed by atoms with Crippen LogP contribution in [0.1, 0.15) is 21.5 Å². The fraction of sp³-hybridized carbons (Fsp3) is 0.222. The van der Waals surface area contributed by atoms with Crippen LogP contribution in [0.5, 0.6) is 0 Å². The normalized spacial score (nSPS) is 10.1. The SMILES string of the molecule is Cc1ccc(C(=O)OCC(=O)N(C)c2ccccc2)c(C)c1. The lowest BCUT2D eigenvalue weighted by Crippen LogP contribution is -2.31. The van der Waals surface area contributed by atoms with Crippen LogP contribution in [-0.4, -0.2) is 25.5 Å². The predicted molar refractivity (Wildman–Crippen MR) is 86.1 cm³/mol. The van der Waals surface area contributed by atoms with Gasteiger partial charge in [0.2, 0.25) is 0 Å². The van der Waals surface area contributed by atoms with E-state index < -0.39 is 5.97 Å². The number of likely N-dealkylation sites (N-methyl/N-ethyl adjacent to an activating group) is 1. The van der Waals surface area contributed by atoms with Crippen LogP contribution in [0.15, 0.2) is 48.5 Å². The second-order valence-electron chi connectivity index (χ2n) is 5.18. The van der Waals surface area contributed by atoms with Gasteiger partial charge in [-0.15, -0.1) is 0 Å². The lowest BCUT2D eigenvalue weighted by molar-refractivity contribution is -0.121. The van der Waals surface area contributed by atoms with E-state index in [2.05, 4.69) is 0 Å². The van der Waals surface area contributed by atoms with Crippen molar-refractivity contribution in [2.75, 3.05) is 18.6 Å². The van der Waals surface area contributed by atoms with E-state index in [1.807, 2.05) is 56.3 Å². The Kier molecular flexibility index (Phi) is 4.94. The molecule has 22 heavy (non-hydrogen) atoms. The molecule has 0 radical (unpaired) electrons. The standard InChI is InChI=1S/C18H19NO3/c1-13-9-10-16(14(2)11-13)18(21)22-12-17(20)19(3)15-7-5-4-6-8-15/h4-11H,12H2,1-3H3. The zero-order valence-corrected chi connectivity index (χ0v) is 13.0. The molecule has 1 amide bonds. The molecule has 2 rings (SSSR count). The van der Waals surface area contributed by atoms with Crippen LogP contribution in [0.4, 0.5) is 5.69 Å². The summed E-state index contributed by atoms with van der Waals surface area (Å²) < 4.78 is 5.12. The Morgan fingerprint density at radius 2 is 1.73 bits per heavy atom. The first-order chi connectivity index (χ1) is 10.5. The van der Waals surface area contributed by atoms with Crippen molar-refractivity contribution in [1.29, 1.82) is 0 Å². The van der Waals surface area contributed by atoms with E-state index >= 15 is 0 Å². The average molecular weight is 297 g/mol. The van der Waals surface area contributed by atoms with Gasteiger partial charge in [-0.3, -0.25) is 4.79 Å². The van der Waals surface area contributed by atoms with Crippen molar-refractivity contribution < 1.29 is 14.3 Å². The zero-order valence-electron chi connectivity index (χ0n) is 13.0. The summed E-state index contributed by atoms with van der Waals surface area (Å²) in [5, 5.41) is 0. The highest BCUT2D eigenvalue weighted by Crippen LogP contribution is 2.13. The van der Waals surface area contributed by atoms with Gasteiger partial charge in [-0.05, 0) is 37.6 Å². The molecule has 0 N–H and O–H groups in total. The number of hydrogen-bond donors (Lipinski definition) is 0. The predicted octanol–water partition coefficient (Wildman–Crippen LogP) is 3.12. The van der Waals surface area contributed by atoms with Gasteiger partial charge in [0.1, 0.15) is 0 Å². The van der Waals surface area contributed by atoms with Gasteiger partial charge in [-0.25, -0.2) is 4.79 Å². The number of benzene rings is 2. The number of anilines is 1. The molecule has 0 atom stereocenters. The molecule has 2 aromatic carbocycles. The average Bonchev–Trinajstić information content (AvgIpc) is 2.52. The Bertz CT molecular complexity index is 680. The van der Waals surface area contributed by atoms with Gasteiger partial charge in [0.15, 0.2) is 6.61 Å². The number of rotatable bonds is 4. The third-order valence-electron chi connectivity index (χ3n) is 3.45. The molecule has 0 aliphatic rings. The number of hydrogen-bond acceptors (Lipinski definition) is 3. The van der Waals surface area contributed by atoms with Crippen molar-refractivity contribution in [3.63, 3.8) is 0 Å². The number of amides is 1. The number of nitrogens with zero attached hydrogens (tertiary/aromatic N) is 1. The molecule has 0 fully saturated rings.